The zero-order chi connectivity index (χ0) is 7.56. The third kappa shape index (κ3) is 1.19. The second-order valence-electron chi connectivity index (χ2n) is 2.50. The molecule has 10 heavy (non-hydrogen) atoms. The largest absolute Gasteiger partial charge is 0.378 e. The van der Waals surface area contributed by atoms with Gasteiger partial charge in [-0.1, -0.05) is 6.08 Å². The zero-order valence-electron chi connectivity index (χ0n) is 6.20. The Morgan fingerprint density at radius 1 is 1.60 bits per heavy atom. The van der Waals surface area contributed by atoms with Crippen molar-refractivity contribution in [3.8, 4) is 6.07 Å². The molecule has 1 aliphatic rings. The van der Waals surface area contributed by atoms with Crippen molar-refractivity contribution in [1.29, 1.82) is 5.26 Å². The molecule has 0 radical (unpaired) electrons. The first-order chi connectivity index (χ1) is 4.74. The Morgan fingerprint density at radius 3 is 2.60 bits per heavy atom. The minimum atomic E-state index is -0.0163. The Morgan fingerprint density at radius 2 is 2.30 bits per heavy atom. The summed E-state index contributed by atoms with van der Waals surface area (Å²) in [6.45, 7) is 0. The minimum absolute atomic E-state index is 0.0163. The molecular formula is C8H10N2. The van der Waals surface area contributed by atoms with E-state index in [1.165, 1.54) is 0 Å². The lowest BCUT2D eigenvalue weighted by Gasteiger charge is -2.10. The quantitative estimate of drug-likeness (QED) is 0.537. The summed E-state index contributed by atoms with van der Waals surface area (Å²) in [5.74, 6) is -0.0163. The van der Waals surface area contributed by atoms with Crippen LogP contribution in [0.15, 0.2) is 23.9 Å². The monoisotopic (exact) mass is 134 g/mol. The van der Waals surface area contributed by atoms with Gasteiger partial charge in [-0.05, 0) is 12.2 Å². The Labute approximate surface area is 61.1 Å². The maximum atomic E-state index is 8.50. The maximum absolute atomic E-state index is 8.50. The number of hydrogen-bond acceptors (Lipinski definition) is 2. The van der Waals surface area contributed by atoms with Crippen LogP contribution in [0.25, 0.3) is 0 Å². The second kappa shape index (κ2) is 2.57. The molecule has 1 rings (SSSR count). The van der Waals surface area contributed by atoms with E-state index in [-0.39, 0.29) is 5.92 Å². The number of hydrogen-bond donors (Lipinski definition) is 0. The molecule has 0 heterocycles. The average molecular weight is 134 g/mol. The highest BCUT2D eigenvalue weighted by Crippen LogP contribution is 2.15. The summed E-state index contributed by atoms with van der Waals surface area (Å²) in [6, 6.07) is 2.16. The van der Waals surface area contributed by atoms with Crippen LogP contribution < -0.4 is 0 Å². The summed E-state index contributed by atoms with van der Waals surface area (Å²) >= 11 is 0. The first kappa shape index (κ1) is 6.88. The van der Waals surface area contributed by atoms with Gasteiger partial charge < -0.3 is 4.90 Å². The van der Waals surface area contributed by atoms with Crippen molar-refractivity contribution >= 4 is 0 Å². The van der Waals surface area contributed by atoms with E-state index in [0.29, 0.717) is 0 Å². The molecule has 0 amide bonds. The van der Waals surface area contributed by atoms with Gasteiger partial charge in [0.05, 0.1) is 12.0 Å². The van der Waals surface area contributed by atoms with Gasteiger partial charge in [0.1, 0.15) is 0 Å². The molecule has 1 atom stereocenters. The highest BCUT2D eigenvalue weighted by atomic mass is 15.1. The number of likely N-dealkylation sites (N-methyl/N-ethyl adjacent to an activating group) is 1. The van der Waals surface area contributed by atoms with Crippen molar-refractivity contribution < 1.29 is 0 Å². The van der Waals surface area contributed by atoms with Crippen LogP contribution in [0, 0.1) is 17.2 Å². The fraction of sp³-hybridized carbons (Fsp3) is 0.375. The Bertz CT molecular complexity index is 218. The van der Waals surface area contributed by atoms with Gasteiger partial charge in [-0.15, -0.1) is 0 Å². The predicted octanol–water partition coefficient (Wildman–Crippen LogP) is 1.14. The van der Waals surface area contributed by atoms with E-state index in [0.717, 1.165) is 5.70 Å². The summed E-state index contributed by atoms with van der Waals surface area (Å²) in [5.41, 5.74) is 1.12. The standard InChI is InChI=1S/C8H10N2/c1-10(2)8-4-3-7(5-8)6-9/h3-5,7H,1-2H3. The Balaban J connectivity index is 2.70. The molecule has 0 aromatic carbocycles. The Hall–Kier alpha value is -1.23. The molecule has 2 nitrogen and oxygen atoms in total. The number of allylic oxidation sites excluding steroid dienone is 3. The summed E-state index contributed by atoms with van der Waals surface area (Å²) in [6.07, 6.45) is 5.81. The van der Waals surface area contributed by atoms with Crippen molar-refractivity contribution in [2.24, 2.45) is 5.92 Å². The topological polar surface area (TPSA) is 27.0 Å². The predicted molar refractivity (Wildman–Crippen MR) is 40.0 cm³/mol. The number of nitriles is 1. The molecule has 2 heteroatoms. The van der Waals surface area contributed by atoms with Gasteiger partial charge in [0, 0.05) is 19.8 Å². The molecule has 0 fully saturated rings. The summed E-state index contributed by atoms with van der Waals surface area (Å²) < 4.78 is 0. The maximum Gasteiger partial charge on any atom is 0.0850 e. The van der Waals surface area contributed by atoms with Crippen molar-refractivity contribution in [3.05, 3.63) is 23.9 Å². The molecule has 0 saturated heterocycles. The molecule has 52 valence electrons. The lowest BCUT2D eigenvalue weighted by Crippen LogP contribution is -2.07. The van der Waals surface area contributed by atoms with E-state index in [1.54, 1.807) is 0 Å². The van der Waals surface area contributed by atoms with E-state index in [4.69, 9.17) is 5.26 Å². The fourth-order valence-electron chi connectivity index (χ4n) is 0.876. The molecule has 0 bridgehead atoms. The summed E-state index contributed by atoms with van der Waals surface area (Å²) in [7, 11) is 3.94. The van der Waals surface area contributed by atoms with Crippen LogP contribution in [0.3, 0.4) is 0 Å². The van der Waals surface area contributed by atoms with Crippen molar-refractivity contribution in [1.82, 2.24) is 4.90 Å². The number of nitrogens with zero attached hydrogens (tertiary/aromatic N) is 2. The van der Waals surface area contributed by atoms with Gasteiger partial charge in [0.25, 0.3) is 0 Å². The zero-order valence-corrected chi connectivity index (χ0v) is 6.20. The van der Waals surface area contributed by atoms with E-state index < -0.39 is 0 Å². The molecule has 1 unspecified atom stereocenters. The van der Waals surface area contributed by atoms with E-state index in [1.807, 2.05) is 37.2 Å². The van der Waals surface area contributed by atoms with Gasteiger partial charge in [-0.3, -0.25) is 0 Å². The van der Waals surface area contributed by atoms with Crippen LogP contribution >= 0.6 is 0 Å². The van der Waals surface area contributed by atoms with Crippen LogP contribution in [0.5, 0.6) is 0 Å². The van der Waals surface area contributed by atoms with Crippen LogP contribution in [0.2, 0.25) is 0 Å². The van der Waals surface area contributed by atoms with Crippen LogP contribution in [-0.4, -0.2) is 19.0 Å². The highest BCUT2D eigenvalue weighted by Gasteiger charge is 2.08. The Kier molecular flexibility index (Phi) is 1.77. The fourth-order valence-corrected chi connectivity index (χ4v) is 0.876. The van der Waals surface area contributed by atoms with Gasteiger partial charge >= 0.3 is 0 Å². The second-order valence-corrected chi connectivity index (χ2v) is 2.50. The summed E-state index contributed by atoms with van der Waals surface area (Å²) in [4.78, 5) is 1.99. The van der Waals surface area contributed by atoms with Crippen LogP contribution in [0.1, 0.15) is 0 Å². The average Bonchev–Trinajstić information content (AvgIpc) is 2.34. The third-order valence-electron chi connectivity index (χ3n) is 1.49. The molecule has 0 saturated carbocycles. The van der Waals surface area contributed by atoms with Crippen molar-refractivity contribution in [3.63, 3.8) is 0 Å². The molecule has 0 spiro atoms. The van der Waals surface area contributed by atoms with E-state index in [2.05, 4.69) is 6.07 Å². The van der Waals surface area contributed by atoms with Crippen LogP contribution in [0.4, 0.5) is 0 Å². The van der Waals surface area contributed by atoms with Gasteiger partial charge in [-0.25, -0.2) is 0 Å². The molecule has 0 aliphatic heterocycles. The molecular weight excluding hydrogens is 124 g/mol. The van der Waals surface area contributed by atoms with Gasteiger partial charge in [0.2, 0.25) is 0 Å². The molecule has 0 N–H and O–H groups in total. The van der Waals surface area contributed by atoms with E-state index in [9.17, 15) is 0 Å². The molecule has 1 aliphatic carbocycles. The first-order valence-corrected chi connectivity index (χ1v) is 3.21. The molecule has 0 aromatic heterocycles. The SMILES string of the molecule is CN(C)C1=CC(C#N)C=C1. The number of rotatable bonds is 1. The first-order valence-electron chi connectivity index (χ1n) is 3.21. The van der Waals surface area contributed by atoms with Gasteiger partial charge in [0.15, 0.2) is 0 Å². The lowest BCUT2D eigenvalue weighted by atomic mass is 10.2. The highest BCUT2D eigenvalue weighted by molar-refractivity contribution is 5.31. The molecule has 0 aromatic rings. The van der Waals surface area contributed by atoms with E-state index >= 15 is 0 Å². The van der Waals surface area contributed by atoms with Crippen LogP contribution in [-0.2, 0) is 0 Å². The normalized spacial score (nSPS) is 22.1. The van der Waals surface area contributed by atoms with Crippen molar-refractivity contribution in [2.75, 3.05) is 14.1 Å². The van der Waals surface area contributed by atoms with Gasteiger partial charge in [-0.2, -0.15) is 5.26 Å². The van der Waals surface area contributed by atoms with Crippen molar-refractivity contribution in [2.45, 2.75) is 0 Å². The smallest absolute Gasteiger partial charge is 0.0850 e. The lowest BCUT2D eigenvalue weighted by molar-refractivity contribution is 0.530. The summed E-state index contributed by atoms with van der Waals surface area (Å²) in [5, 5.41) is 8.50. The minimum Gasteiger partial charge on any atom is -0.378 e. The third-order valence-corrected chi connectivity index (χ3v) is 1.49.